The molecule has 91 heavy (non-hydrogen) atoms. The van der Waals surface area contributed by atoms with E-state index in [0.29, 0.717) is 23.9 Å². The molecule has 0 spiro atoms. The number of carbonyl (C=O) groups is 3. The van der Waals surface area contributed by atoms with Gasteiger partial charge in [0.25, 0.3) is 0 Å². The Labute approximate surface area is 562 Å². The number of likely N-dealkylation sites (N-methyl/N-ethyl adjacent to an activating group) is 1. The van der Waals surface area contributed by atoms with Crippen LogP contribution in [-0.4, -0.2) is 82.3 Å². The average molecular weight is 1270 g/mol. The number of hydrogen-bond acceptors (Lipinski definition) is 8. The van der Waals surface area contributed by atoms with Gasteiger partial charge in [-0.05, 0) is 103 Å². The molecule has 0 fully saturated rings. The normalized spacial score (nSPS) is 13.3. The largest absolute Gasteiger partial charge is 0.545 e. The van der Waals surface area contributed by atoms with Gasteiger partial charge in [-0.2, -0.15) is 0 Å². The first kappa shape index (κ1) is 87.0. The van der Waals surface area contributed by atoms with Crippen LogP contribution in [0, 0.1) is 0 Å². The van der Waals surface area contributed by atoms with Crippen LogP contribution in [-0.2, 0) is 33.3 Å². The number of carboxylic acid groups (broad SMARTS) is 1. The standard InChI is InChI=1S/C82H143NO8/c1-6-8-10-12-14-16-18-20-22-24-26-28-30-32-33-34-35-36-37-38-39-40-41-42-43-44-45-46-47-49-51-53-55-57-59-61-63-65-67-69-71-73-80(85)91-78(77-90-82(81(86)87)88-75-74-83(3,4)5)76-89-79(84)72-70-68-66-64-62-60-58-56-54-52-50-48-31-29-27-25-23-21-19-17-15-13-11-9-7-2/h8,10,14,16,20,22,25-28,32-33,35-36,38-39,41-42,78,82H,6-7,9,11-13,15,17-19,21,23-24,29-31,34,37,40,43-77H2,1-5H3/b10-8-,16-14-,22-20-,27-25-,28-26-,33-32-,36-35-,39-38-,42-41-. The molecule has 0 aromatic carbocycles. The molecule has 9 heteroatoms. The van der Waals surface area contributed by atoms with Gasteiger partial charge < -0.3 is 33.3 Å². The molecule has 524 valence electrons. The van der Waals surface area contributed by atoms with Gasteiger partial charge in [-0.3, -0.25) is 9.59 Å². The van der Waals surface area contributed by atoms with Crippen molar-refractivity contribution in [3.63, 3.8) is 0 Å². The molecule has 0 bridgehead atoms. The molecule has 0 aliphatic carbocycles. The third kappa shape index (κ3) is 73.2. The number of esters is 2. The van der Waals surface area contributed by atoms with Gasteiger partial charge >= 0.3 is 11.9 Å². The van der Waals surface area contributed by atoms with E-state index < -0.39 is 24.3 Å². The van der Waals surface area contributed by atoms with Gasteiger partial charge in [-0.25, -0.2) is 0 Å². The second-order valence-corrected chi connectivity index (χ2v) is 26.6. The van der Waals surface area contributed by atoms with Crippen molar-refractivity contribution < 1.29 is 42.9 Å². The molecule has 0 saturated carbocycles. The number of quaternary nitrogens is 1. The van der Waals surface area contributed by atoms with Crippen molar-refractivity contribution in [1.82, 2.24) is 0 Å². The van der Waals surface area contributed by atoms with Gasteiger partial charge in [0.05, 0.1) is 40.3 Å². The van der Waals surface area contributed by atoms with Crippen LogP contribution in [0.3, 0.4) is 0 Å². The van der Waals surface area contributed by atoms with Crippen LogP contribution >= 0.6 is 0 Å². The lowest BCUT2D eigenvalue weighted by Gasteiger charge is -2.26. The predicted octanol–water partition coefficient (Wildman–Crippen LogP) is 22.8. The van der Waals surface area contributed by atoms with Crippen molar-refractivity contribution in [3.8, 4) is 0 Å². The Kier molecular flexibility index (Phi) is 68.6. The highest BCUT2D eigenvalue weighted by Gasteiger charge is 2.22. The van der Waals surface area contributed by atoms with E-state index in [9.17, 15) is 19.5 Å². The quantitative estimate of drug-likeness (QED) is 0.0195. The average Bonchev–Trinajstić information content (AvgIpc) is 3.53. The summed E-state index contributed by atoms with van der Waals surface area (Å²) in [5.41, 5.74) is 0. The number of carboxylic acids is 1. The van der Waals surface area contributed by atoms with Crippen molar-refractivity contribution in [1.29, 1.82) is 0 Å². The predicted molar refractivity (Wildman–Crippen MR) is 389 cm³/mol. The minimum atomic E-state index is -1.63. The highest BCUT2D eigenvalue weighted by atomic mass is 16.7. The molecular formula is C82H143NO8. The second kappa shape index (κ2) is 71.8. The summed E-state index contributed by atoms with van der Waals surface area (Å²) in [4.78, 5) is 37.5. The summed E-state index contributed by atoms with van der Waals surface area (Å²) < 4.78 is 22.8. The van der Waals surface area contributed by atoms with E-state index in [1.54, 1.807) is 0 Å². The first-order valence-corrected chi connectivity index (χ1v) is 38.0. The fourth-order valence-corrected chi connectivity index (χ4v) is 10.7. The Hall–Kier alpha value is -4.05. The minimum absolute atomic E-state index is 0.146. The molecule has 0 aliphatic heterocycles. The first-order valence-electron chi connectivity index (χ1n) is 38.0. The lowest BCUT2D eigenvalue weighted by Crippen LogP contribution is -2.44. The number of nitrogens with zero attached hydrogens (tertiary/aromatic N) is 1. The molecule has 0 heterocycles. The fourth-order valence-electron chi connectivity index (χ4n) is 10.7. The lowest BCUT2D eigenvalue weighted by molar-refractivity contribution is -0.870. The molecule has 9 nitrogen and oxygen atoms in total. The molecule has 2 unspecified atom stereocenters. The van der Waals surface area contributed by atoms with Crippen molar-refractivity contribution in [2.75, 3.05) is 47.5 Å². The van der Waals surface area contributed by atoms with Crippen LogP contribution < -0.4 is 5.11 Å². The molecule has 0 radical (unpaired) electrons. The summed E-state index contributed by atoms with van der Waals surface area (Å²) in [5, 5.41) is 11.8. The summed E-state index contributed by atoms with van der Waals surface area (Å²) in [6.45, 7) is 4.67. The molecule has 0 aromatic heterocycles. The minimum Gasteiger partial charge on any atom is -0.545 e. The van der Waals surface area contributed by atoms with E-state index in [2.05, 4.69) is 123 Å². The zero-order valence-corrected chi connectivity index (χ0v) is 59.9. The number of aliphatic carboxylic acids is 1. The third-order valence-corrected chi connectivity index (χ3v) is 16.5. The molecule has 2 atom stereocenters. The van der Waals surface area contributed by atoms with Crippen LogP contribution in [0.5, 0.6) is 0 Å². The van der Waals surface area contributed by atoms with E-state index in [-0.39, 0.29) is 32.2 Å². The number of ether oxygens (including phenoxy) is 4. The molecule has 0 N–H and O–H groups in total. The first-order chi connectivity index (χ1) is 44.6. The highest BCUT2D eigenvalue weighted by molar-refractivity contribution is 5.70. The zero-order valence-electron chi connectivity index (χ0n) is 59.9. The Morgan fingerprint density at radius 2 is 0.626 bits per heavy atom. The number of rotatable bonds is 70. The smallest absolute Gasteiger partial charge is 0.306 e. The van der Waals surface area contributed by atoms with Gasteiger partial charge in [-0.1, -0.05) is 329 Å². The van der Waals surface area contributed by atoms with Crippen LogP contribution in [0.4, 0.5) is 0 Å². The van der Waals surface area contributed by atoms with Crippen molar-refractivity contribution in [2.24, 2.45) is 0 Å². The van der Waals surface area contributed by atoms with Crippen LogP contribution in [0.25, 0.3) is 0 Å². The van der Waals surface area contributed by atoms with E-state index in [1.807, 2.05) is 21.1 Å². The van der Waals surface area contributed by atoms with E-state index in [1.165, 1.54) is 212 Å². The molecule has 0 aliphatic rings. The molecule has 0 aromatic rings. The van der Waals surface area contributed by atoms with Crippen molar-refractivity contribution in [3.05, 3.63) is 109 Å². The SMILES string of the molecule is CC/C=C\C/C=C\C/C=C\C/C=C\C/C=C\C/C=C\C/C=C\C/C=C\CCCCCCCCCCCCCCCCCCC(=O)OC(COC(=O)CCCCCCCCCCCCCCC/C=C\CCCCCCCCCC)COC(OCC[N+](C)(C)C)C(=O)[O-]. The third-order valence-electron chi connectivity index (χ3n) is 16.5. The Morgan fingerprint density at radius 1 is 0.341 bits per heavy atom. The Balaban J connectivity index is 4.05. The van der Waals surface area contributed by atoms with E-state index in [4.69, 9.17) is 18.9 Å². The second-order valence-electron chi connectivity index (χ2n) is 26.6. The van der Waals surface area contributed by atoms with Gasteiger partial charge in [0.1, 0.15) is 13.2 Å². The van der Waals surface area contributed by atoms with E-state index in [0.717, 1.165) is 89.9 Å². The summed E-state index contributed by atoms with van der Waals surface area (Å²) in [6.07, 6.45) is 97.6. The maximum absolute atomic E-state index is 13.0. The van der Waals surface area contributed by atoms with Gasteiger partial charge in [0.15, 0.2) is 12.4 Å². The highest BCUT2D eigenvalue weighted by Crippen LogP contribution is 2.18. The van der Waals surface area contributed by atoms with Crippen LogP contribution in [0.2, 0.25) is 0 Å². The summed E-state index contributed by atoms with van der Waals surface area (Å²) in [6, 6.07) is 0. The van der Waals surface area contributed by atoms with E-state index >= 15 is 0 Å². The Bertz CT molecular complexity index is 1870. The monoisotopic (exact) mass is 1270 g/mol. The van der Waals surface area contributed by atoms with Crippen LogP contribution in [0.15, 0.2) is 109 Å². The molecule has 0 saturated heterocycles. The molecule has 0 amide bonds. The Morgan fingerprint density at radius 3 is 0.945 bits per heavy atom. The van der Waals surface area contributed by atoms with Crippen molar-refractivity contribution >= 4 is 17.9 Å². The molecular weight excluding hydrogens is 1130 g/mol. The lowest BCUT2D eigenvalue weighted by atomic mass is 10.0. The number of carbonyl (C=O) groups excluding carboxylic acids is 3. The number of allylic oxidation sites excluding steroid dienone is 18. The van der Waals surface area contributed by atoms with Gasteiger partial charge in [-0.15, -0.1) is 0 Å². The van der Waals surface area contributed by atoms with Gasteiger partial charge in [0.2, 0.25) is 0 Å². The number of hydrogen-bond donors (Lipinski definition) is 0. The summed E-state index contributed by atoms with van der Waals surface area (Å²) in [7, 11) is 5.94. The van der Waals surface area contributed by atoms with Crippen molar-refractivity contribution in [2.45, 2.75) is 347 Å². The summed E-state index contributed by atoms with van der Waals surface area (Å²) >= 11 is 0. The zero-order chi connectivity index (χ0) is 66.1. The van der Waals surface area contributed by atoms with Crippen LogP contribution in [0.1, 0.15) is 335 Å². The molecule has 0 rings (SSSR count). The summed E-state index contributed by atoms with van der Waals surface area (Å²) in [5.74, 6) is -2.27. The van der Waals surface area contributed by atoms with Gasteiger partial charge in [0, 0.05) is 12.8 Å². The maximum Gasteiger partial charge on any atom is 0.306 e. The fraction of sp³-hybridized carbons (Fsp3) is 0.744. The maximum atomic E-state index is 13.0. The number of unbranched alkanes of at least 4 members (excludes halogenated alkanes) is 37. The topological polar surface area (TPSA) is 111 Å².